The Kier molecular flexibility index (Phi) is 4.40. The zero-order chi connectivity index (χ0) is 9.52. The molecular formula is C11H14O2. The summed E-state index contributed by atoms with van der Waals surface area (Å²) in [6.45, 7) is 0.723. The van der Waals surface area contributed by atoms with Gasteiger partial charge in [-0.05, 0) is 19.3 Å². The molecule has 0 aromatic carbocycles. The van der Waals surface area contributed by atoms with Gasteiger partial charge in [0.1, 0.15) is 13.2 Å². The van der Waals surface area contributed by atoms with Gasteiger partial charge in [0.15, 0.2) is 0 Å². The summed E-state index contributed by atoms with van der Waals surface area (Å²) in [6, 6.07) is 0. The van der Waals surface area contributed by atoms with E-state index in [0.717, 1.165) is 19.3 Å². The van der Waals surface area contributed by atoms with E-state index in [2.05, 4.69) is 11.8 Å². The van der Waals surface area contributed by atoms with E-state index in [-0.39, 0.29) is 12.2 Å². The molecule has 0 aromatic rings. The summed E-state index contributed by atoms with van der Waals surface area (Å²) in [4.78, 5) is 0. The molecule has 1 aliphatic rings. The summed E-state index contributed by atoms with van der Waals surface area (Å²) in [5.74, 6) is 4.91. The molecule has 13 heavy (non-hydrogen) atoms. The first-order valence-electron chi connectivity index (χ1n) is 4.48. The quantitative estimate of drug-likeness (QED) is 0.602. The molecule has 0 N–H and O–H groups in total. The summed E-state index contributed by atoms with van der Waals surface area (Å²) in [5.41, 5.74) is 0. The van der Waals surface area contributed by atoms with Crippen molar-refractivity contribution in [3.8, 4) is 24.7 Å². The average Bonchev–Trinajstić information content (AvgIpc) is 2.59. The van der Waals surface area contributed by atoms with Gasteiger partial charge >= 0.3 is 0 Å². The van der Waals surface area contributed by atoms with Crippen molar-refractivity contribution in [1.29, 1.82) is 0 Å². The lowest BCUT2D eigenvalue weighted by atomic mass is 10.2. The third-order valence-corrected chi connectivity index (χ3v) is 2.15. The standard InChI is InChI=1S/C11H14O2/c1-3-8-12-10-6-5-7-11(10)13-9-4-2/h1-2,10-11H,5-9H2/t10-,11-/m0/s1. The summed E-state index contributed by atoms with van der Waals surface area (Å²) >= 11 is 0. The number of rotatable bonds is 4. The second-order valence-corrected chi connectivity index (χ2v) is 3.04. The van der Waals surface area contributed by atoms with E-state index < -0.39 is 0 Å². The van der Waals surface area contributed by atoms with Crippen molar-refractivity contribution in [2.45, 2.75) is 31.5 Å². The molecule has 1 fully saturated rings. The molecule has 0 aromatic heterocycles. The van der Waals surface area contributed by atoms with E-state index in [1.807, 2.05) is 0 Å². The lowest BCUT2D eigenvalue weighted by Gasteiger charge is -2.18. The Bertz CT molecular complexity index is 197. The highest BCUT2D eigenvalue weighted by atomic mass is 16.5. The minimum Gasteiger partial charge on any atom is -0.363 e. The van der Waals surface area contributed by atoms with Crippen LogP contribution in [0.25, 0.3) is 0 Å². The molecule has 0 heterocycles. The maximum atomic E-state index is 5.43. The van der Waals surface area contributed by atoms with Crippen LogP contribution in [0.15, 0.2) is 0 Å². The van der Waals surface area contributed by atoms with Gasteiger partial charge in [-0.3, -0.25) is 0 Å². The fourth-order valence-corrected chi connectivity index (χ4v) is 1.58. The molecule has 0 spiro atoms. The molecule has 2 atom stereocenters. The molecule has 1 rings (SSSR count). The normalized spacial score (nSPS) is 26.6. The van der Waals surface area contributed by atoms with Crippen LogP contribution in [0.3, 0.4) is 0 Å². The van der Waals surface area contributed by atoms with Crippen molar-refractivity contribution < 1.29 is 9.47 Å². The fourth-order valence-electron chi connectivity index (χ4n) is 1.58. The zero-order valence-corrected chi connectivity index (χ0v) is 7.66. The summed E-state index contributed by atoms with van der Waals surface area (Å²) in [6.07, 6.45) is 13.7. The maximum absolute atomic E-state index is 5.43. The predicted molar refractivity (Wildman–Crippen MR) is 51.0 cm³/mol. The number of terminal acetylenes is 2. The Morgan fingerprint density at radius 3 is 1.85 bits per heavy atom. The zero-order valence-electron chi connectivity index (χ0n) is 7.66. The van der Waals surface area contributed by atoms with Gasteiger partial charge in [0.2, 0.25) is 0 Å². The van der Waals surface area contributed by atoms with E-state index >= 15 is 0 Å². The molecule has 1 aliphatic carbocycles. The third-order valence-electron chi connectivity index (χ3n) is 2.15. The van der Waals surface area contributed by atoms with Crippen molar-refractivity contribution in [1.82, 2.24) is 0 Å². The highest BCUT2D eigenvalue weighted by Gasteiger charge is 2.28. The van der Waals surface area contributed by atoms with Crippen LogP contribution >= 0.6 is 0 Å². The van der Waals surface area contributed by atoms with Crippen LogP contribution in [0, 0.1) is 24.7 Å². The first kappa shape index (κ1) is 10.1. The molecule has 1 saturated carbocycles. The van der Waals surface area contributed by atoms with Gasteiger partial charge in [0.25, 0.3) is 0 Å². The maximum Gasteiger partial charge on any atom is 0.107 e. The van der Waals surface area contributed by atoms with Gasteiger partial charge in [-0.1, -0.05) is 11.8 Å². The molecule has 0 aliphatic heterocycles. The van der Waals surface area contributed by atoms with E-state index in [9.17, 15) is 0 Å². The first-order valence-corrected chi connectivity index (χ1v) is 4.48. The van der Waals surface area contributed by atoms with Crippen LogP contribution in [0.5, 0.6) is 0 Å². The predicted octanol–water partition coefficient (Wildman–Crippen LogP) is 1.21. The second kappa shape index (κ2) is 5.65. The molecule has 0 amide bonds. The van der Waals surface area contributed by atoms with Crippen LogP contribution < -0.4 is 0 Å². The highest BCUT2D eigenvalue weighted by Crippen LogP contribution is 2.24. The average molecular weight is 178 g/mol. The Hall–Kier alpha value is -0.960. The topological polar surface area (TPSA) is 18.5 Å². The minimum atomic E-state index is 0.143. The van der Waals surface area contributed by atoms with Gasteiger partial charge in [0, 0.05) is 0 Å². The van der Waals surface area contributed by atoms with E-state index in [1.165, 1.54) is 0 Å². The summed E-state index contributed by atoms with van der Waals surface area (Å²) in [7, 11) is 0. The van der Waals surface area contributed by atoms with E-state index in [4.69, 9.17) is 22.3 Å². The SMILES string of the molecule is C#CCO[C@H]1CCC[C@@H]1OCC#C. The van der Waals surface area contributed by atoms with Crippen molar-refractivity contribution >= 4 is 0 Å². The fraction of sp³-hybridized carbons (Fsp3) is 0.636. The Morgan fingerprint density at radius 1 is 1.00 bits per heavy atom. The molecule has 0 radical (unpaired) electrons. The second-order valence-electron chi connectivity index (χ2n) is 3.04. The number of ether oxygens (including phenoxy) is 2. The smallest absolute Gasteiger partial charge is 0.107 e. The van der Waals surface area contributed by atoms with Crippen molar-refractivity contribution in [3.63, 3.8) is 0 Å². The summed E-state index contributed by atoms with van der Waals surface area (Å²) < 4.78 is 10.9. The van der Waals surface area contributed by atoms with Crippen LogP contribution in [-0.2, 0) is 9.47 Å². The Labute approximate surface area is 79.6 Å². The van der Waals surface area contributed by atoms with E-state index in [0.29, 0.717) is 13.2 Å². The van der Waals surface area contributed by atoms with Crippen LogP contribution in [0.4, 0.5) is 0 Å². The molecule has 0 bridgehead atoms. The third kappa shape index (κ3) is 3.11. The minimum absolute atomic E-state index is 0.143. The monoisotopic (exact) mass is 178 g/mol. The Morgan fingerprint density at radius 2 is 1.46 bits per heavy atom. The highest BCUT2D eigenvalue weighted by molar-refractivity contribution is 4.88. The first-order chi connectivity index (χ1) is 6.38. The van der Waals surface area contributed by atoms with Gasteiger partial charge in [0.05, 0.1) is 12.2 Å². The van der Waals surface area contributed by atoms with Crippen molar-refractivity contribution in [2.75, 3.05) is 13.2 Å². The molecule has 0 unspecified atom stereocenters. The van der Waals surface area contributed by atoms with E-state index in [1.54, 1.807) is 0 Å². The molecule has 70 valence electrons. The summed E-state index contributed by atoms with van der Waals surface area (Å²) in [5, 5.41) is 0. The molecular weight excluding hydrogens is 164 g/mol. The van der Waals surface area contributed by atoms with Crippen LogP contribution in [0.2, 0.25) is 0 Å². The largest absolute Gasteiger partial charge is 0.363 e. The van der Waals surface area contributed by atoms with Gasteiger partial charge in [-0.15, -0.1) is 12.8 Å². The molecule has 2 heteroatoms. The number of hydrogen-bond donors (Lipinski definition) is 0. The van der Waals surface area contributed by atoms with Crippen molar-refractivity contribution in [2.24, 2.45) is 0 Å². The molecule has 2 nitrogen and oxygen atoms in total. The Balaban J connectivity index is 2.28. The van der Waals surface area contributed by atoms with Crippen molar-refractivity contribution in [3.05, 3.63) is 0 Å². The van der Waals surface area contributed by atoms with Crippen LogP contribution in [-0.4, -0.2) is 25.4 Å². The van der Waals surface area contributed by atoms with Gasteiger partial charge < -0.3 is 9.47 Å². The van der Waals surface area contributed by atoms with Gasteiger partial charge in [-0.25, -0.2) is 0 Å². The van der Waals surface area contributed by atoms with Gasteiger partial charge in [-0.2, -0.15) is 0 Å². The lowest BCUT2D eigenvalue weighted by Crippen LogP contribution is -2.26. The molecule has 0 saturated heterocycles. The number of hydrogen-bond acceptors (Lipinski definition) is 2. The lowest BCUT2D eigenvalue weighted by molar-refractivity contribution is -0.0367. The van der Waals surface area contributed by atoms with Crippen LogP contribution in [0.1, 0.15) is 19.3 Å².